The maximum atomic E-state index is 11.9. The van der Waals surface area contributed by atoms with Crippen LogP contribution in [0.1, 0.15) is 10.4 Å². The zero-order chi connectivity index (χ0) is 16.2. The average molecular weight is 381 g/mol. The highest BCUT2D eigenvalue weighted by molar-refractivity contribution is 9.10. The predicted octanol–water partition coefficient (Wildman–Crippen LogP) is 2.91. The molecular formula is C15H13BrN2O3S. The zero-order valence-electron chi connectivity index (χ0n) is 11.4. The van der Waals surface area contributed by atoms with E-state index in [0.717, 1.165) is 4.47 Å². The minimum Gasteiger partial charge on any atom is -0.362 e. The van der Waals surface area contributed by atoms with Crippen molar-refractivity contribution in [3.05, 3.63) is 70.8 Å². The van der Waals surface area contributed by atoms with Crippen LogP contribution in [0.25, 0.3) is 0 Å². The Balaban J connectivity index is 2.06. The number of carbonyl (C=O) groups excluding carboxylic acids is 1. The van der Waals surface area contributed by atoms with Gasteiger partial charge in [-0.1, -0.05) is 22.0 Å². The number of rotatable bonds is 5. The molecule has 0 saturated carbocycles. The Bertz CT molecular complexity index is 815. The topological polar surface area (TPSA) is 89.3 Å². The minimum atomic E-state index is -3.75. The van der Waals surface area contributed by atoms with Crippen molar-refractivity contribution in [2.45, 2.75) is 4.90 Å². The highest BCUT2D eigenvalue weighted by Gasteiger charge is 2.07. The van der Waals surface area contributed by atoms with Gasteiger partial charge in [-0.3, -0.25) is 4.79 Å². The van der Waals surface area contributed by atoms with Crippen molar-refractivity contribution < 1.29 is 13.2 Å². The van der Waals surface area contributed by atoms with E-state index in [1.54, 1.807) is 36.4 Å². The fraction of sp³-hybridized carbons (Fsp3) is 0. The molecule has 2 aromatic rings. The van der Waals surface area contributed by atoms with Crippen LogP contribution in [0.3, 0.4) is 0 Å². The third-order valence-electron chi connectivity index (χ3n) is 2.78. The van der Waals surface area contributed by atoms with Gasteiger partial charge in [0.05, 0.1) is 4.90 Å². The van der Waals surface area contributed by atoms with Crippen LogP contribution in [-0.4, -0.2) is 14.2 Å². The van der Waals surface area contributed by atoms with E-state index in [2.05, 4.69) is 21.2 Å². The normalized spacial score (nSPS) is 11.5. The maximum Gasteiger partial charge on any atom is 0.238 e. The lowest BCUT2D eigenvalue weighted by atomic mass is 10.1. The van der Waals surface area contributed by atoms with E-state index in [1.807, 2.05) is 0 Å². The summed E-state index contributed by atoms with van der Waals surface area (Å²) in [6, 6.07) is 13.0. The molecule has 0 aromatic heterocycles. The third-order valence-corrected chi connectivity index (χ3v) is 4.22. The number of benzene rings is 2. The molecule has 0 radical (unpaired) electrons. The second kappa shape index (κ2) is 6.87. The van der Waals surface area contributed by atoms with Gasteiger partial charge in [0, 0.05) is 28.0 Å². The minimum absolute atomic E-state index is 0.00476. The van der Waals surface area contributed by atoms with Gasteiger partial charge in [0.15, 0.2) is 5.78 Å². The number of anilines is 1. The van der Waals surface area contributed by atoms with Crippen LogP contribution in [-0.2, 0) is 10.0 Å². The van der Waals surface area contributed by atoms with E-state index in [1.165, 1.54) is 24.4 Å². The highest BCUT2D eigenvalue weighted by Crippen LogP contribution is 2.14. The molecule has 0 spiro atoms. The first kappa shape index (κ1) is 16.4. The van der Waals surface area contributed by atoms with Gasteiger partial charge < -0.3 is 5.32 Å². The first-order chi connectivity index (χ1) is 10.4. The van der Waals surface area contributed by atoms with E-state index in [0.29, 0.717) is 11.3 Å². The van der Waals surface area contributed by atoms with Gasteiger partial charge in [-0.25, -0.2) is 13.6 Å². The molecule has 114 valence electrons. The molecule has 0 atom stereocenters. The molecule has 2 rings (SSSR count). The Hall–Kier alpha value is -1.96. The van der Waals surface area contributed by atoms with E-state index < -0.39 is 10.0 Å². The number of allylic oxidation sites excluding steroid dienone is 1. The summed E-state index contributed by atoms with van der Waals surface area (Å²) >= 11 is 3.30. The first-order valence-electron chi connectivity index (χ1n) is 6.22. The molecule has 0 bridgehead atoms. The van der Waals surface area contributed by atoms with Crippen molar-refractivity contribution in [3.8, 4) is 0 Å². The molecule has 0 fully saturated rings. The van der Waals surface area contributed by atoms with Gasteiger partial charge in [0.25, 0.3) is 0 Å². The number of hydrogen-bond donors (Lipinski definition) is 2. The molecule has 0 heterocycles. The van der Waals surface area contributed by atoms with Crippen molar-refractivity contribution in [2.24, 2.45) is 5.14 Å². The van der Waals surface area contributed by atoms with Crippen LogP contribution >= 0.6 is 15.9 Å². The molecule has 7 heteroatoms. The maximum absolute atomic E-state index is 11.9. The van der Waals surface area contributed by atoms with Crippen LogP contribution in [0.15, 0.2) is 70.2 Å². The van der Waals surface area contributed by atoms with Crippen LogP contribution < -0.4 is 10.5 Å². The fourth-order valence-electron chi connectivity index (χ4n) is 1.69. The van der Waals surface area contributed by atoms with Crippen molar-refractivity contribution in [2.75, 3.05) is 5.32 Å². The lowest BCUT2D eigenvalue weighted by Crippen LogP contribution is -2.12. The molecular weight excluding hydrogens is 368 g/mol. The Labute approximate surface area is 137 Å². The van der Waals surface area contributed by atoms with Crippen LogP contribution in [0, 0.1) is 0 Å². The fourth-order valence-corrected chi connectivity index (χ4v) is 2.51. The molecule has 0 aliphatic carbocycles. The second-order valence-corrected chi connectivity index (χ2v) is 6.90. The van der Waals surface area contributed by atoms with Gasteiger partial charge in [0.1, 0.15) is 0 Å². The van der Waals surface area contributed by atoms with Crippen molar-refractivity contribution in [1.29, 1.82) is 0 Å². The van der Waals surface area contributed by atoms with Gasteiger partial charge >= 0.3 is 0 Å². The van der Waals surface area contributed by atoms with Crippen molar-refractivity contribution >= 4 is 37.4 Å². The van der Waals surface area contributed by atoms with Crippen molar-refractivity contribution in [3.63, 3.8) is 0 Å². The zero-order valence-corrected chi connectivity index (χ0v) is 13.8. The monoisotopic (exact) mass is 380 g/mol. The summed E-state index contributed by atoms with van der Waals surface area (Å²) in [5.74, 6) is -0.164. The van der Waals surface area contributed by atoms with Gasteiger partial charge in [-0.05, 0) is 42.5 Å². The van der Waals surface area contributed by atoms with E-state index in [-0.39, 0.29) is 10.7 Å². The number of halogens is 1. The summed E-state index contributed by atoms with van der Waals surface area (Å²) in [7, 11) is -3.75. The van der Waals surface area contributed by atoms with Crippen LogP contribution in [0.4, 0.5) is 5.69 Å². The summed E-state index contributed by atoms with van der Waals surface area (Å²) in [4.78, 5) is 11.9. The molecule has 3 N–H and O–H groups in total. The van der Waals surface area contributed by atoms with E-state index >= 15 is 0 Å². The van der Waals surface area contributed by atoms with Gasteiger partial charge in [-0.2, -0.15) is 0 Å². The molecule has 0 saturated heterocycles. The molecule has 5 nitrogen and oxygen atoms in total. The van der Waals surface area contributed by atoms with Crippen molar-refractivity contribution in [1.82, 2.24) is 0 Å². The summed E-state index contributed by atoms with van der Waals surface area (Å²) in [5, 5.41) is 7.90. The molecule has 0 unspecified atom stereocenters. The number of nitrogens with one attached hydrogen (secondary N) is 1. The van der Waals surface area contributed by atoms with Crippen LogP contribution in [0.5, 0.6) is 0 Å². The number of nitrogens with two attached hydrogens (primary N) is 1. The van der Waals surface area contributed by atoms with Gasteiger partial charge in [-0.15, -0.1) is 0 Å². The predicted molar refractivity (Wildman–Crippen MR) is 89.1 cm³/mol. The van der Waals surface area contributed by atoms with Gasteiger partial charge in [0.2, 0.25) is 10.0 Å². The summed E-state index contributed by atoms with van der Waals surface area (Å²) in [6.45, 7) is 0. The second-order valence-electron chi connectivity index (χ2n) is 4.42. The third kappa shape index (κ3) is 4.52. The SMILES string of the molecule is NS(=O)(=O)c1cccc(N/C=C/C(=O)c2ccc(Br)cc2)c1. The Kier molecular flexibility index (Phi) is 5.12. The number of ketones is 1. The number of sulfonamides is 1. The lowest BCUT2D eigenvalue weighted by molar-refractivity contribution is 0.104. The molecule has 22 heavy (non-hydrogen) atoms. The summed E-state index contributed by atoms with van der Waals surface area (Å²) in [6.07, 6.45) is 2.82. The quantitative estimate of drug-likeness (QED) is 0.616. The summed E-state index contributed by atoms with van der Waals surface area (Å²) in [5.41, 5.74) is 1.07. The number of hydrogen-bond acceptors (Lipinski definition) is 4. The molecule has 2 aromatic carbocycles. The molecule has 0 aliphatic heterocycles. The lowest BCUT2D eigenvalue weighted by Gasteiger charge is -2.03. The Morgan fingerprint density at radius 2 is 1.82 bits per heavy atom. The standard InChI is InChI=1S/C15H13BrN2O3S/c16-12-6-4-11(5-7-12)15(19)8-9-18-13-2-1-3-14(10-13)22(17,20)21/h1-10,18H,(H2,17,20,21)/b9-8+. The van der Waals surface area contributed by atoms with E-state index in [4.69, 9.17) is 5.14 Å². The Morgan fingerprint density at radius 1 is 1.14 bits per heavy atom. The number of primary sulfonamides is 1. The summed E-state index contributed by atoms with van der Waals surface area (Å²) < 4.78 is 23.4. The molecule has 0 aliphatic rings. The smallest absolute Gasteiger partial charge is 0.238 e. The van der Waals surface area contributed by atoms with E-state index in [9.17, 15) is 13.2 Å². The largest absolute Gasteiger partial charge is 0.362 e. The Morgan fingerprint density at radius 3 is 2.45 bits per heavy atom. The first-order valence-corrected chi connectivity index (χ1v) is 8.56. The number of carbonyl (C=O) groups is 1. The van der Waals surface area contributed by atoms with Crippen LogP contribution in [0.2, 0.25) is 0 Å². The molecule has 0 amide bonds. The average Bonchev–Trinajstić information content (AvgIpc) is 2.47. The highest BCUT2D eigenvalue weighted by atomic mass is 79.9.